The quantitative estimate of drug-likeness (QED) is 0.828. The summed E-state index contributed by atoms with van der Waals surface area (Å²) in [5, 5.41) is 12.5. The number of anilines is 1. The number of hydrogen-bond donors (Lipinski definition) is 2. The van der Waals surface area contributed by atoms with Gasteiger partial charge in [-0.2, -0.15) is 0 Å². The molecule has 1 aromatic carbocycles. The van der Waals surface area contributed by atoms with Gasteiger partial charge in [0.1, 0.15) is 0 Å². The molecule has 3 rings (SSSR count). The van der Waals surface area contributed by atoms with Gasteiger partial charge in [0.05, 0.1) is 19.3 Å². The van der Waals surface area contributed by atoms with Crippen molar-refractivity contribution in [3.63, 3.8) is 0 Å². The van der Waals surface area contributed by atoms with Crippen LogP contribution in [-0.4, -0.2) is 42.3 Å². The van der Waals surface area contributed by atoms with E-state index in [9.17, 15) is 14.7 Å². The molecule has 0 spiro atoms. The summed E-state index contributed by atoms with van der Waals surface area (Å²) in [7, 11) is 1.23. The average molecular weight is 342 g/mol. The van der Waals surface area contributed by atoms with Gasteiger partial charge < -0.3 is 19.9 Å². The number of nitrogens with zero attached hydrogens (tertiary/aromatic N) is 1. The lowest BCUT2D eigenvalue weighted by atomic mass is 9.96. The van der Waals surface area contributed by atoms with Crippen molar-refractivity contribution in [3.8, 4) is 5.75 Å². The van der Waals surface area contributed by atoms with Gasteiger partial charge in [-0.25, -0.2) is 9.78 Å². The molecule has 1 aromatic heterocycles. The second-order valence-corrected chi connectivity index (χ2v) is 5.72. The van der Waals surface area contributed by atoms with Crippen LogP contribution in [0.2, 0.25) is 0 Å². The van der Waals surface area contributed by atoms with E-state index in [1.807, 2.05) is 18.2 Å². The molecule has 0 aliphatic carbocycles. The van der Waals surface area contributed by atoms with E-state index in [4.69, 9.17) is 4.74 Å². The molecule has 2 heterocycles. The molecule has 1 aliphatic rings. The third kappa shape index (κ3) is 3.77. The fourth-order valence-electron chi connectivity index (χ4n) is 2.69. The Morgan fingerprint density at radius 1 is 1.32 bits per heavy atom. The number of pyridine rings is 1. The minimum absolute atomic E-state index is 0.0211. The van der Waals surface area contributed by atoms with Gasteiger partial charge in [-0.3, -0.25) is 4.79 Å². The Morgan fingerprint density at radius 3 is 2.84 bits per heavy atom. The highest BCUT2D eigenvalue weighted by molar-refractivity contribution is 6.04. The largest absolute Gasteiger partial charge is 0.504 e. The van der Waals surface area contributed by atoms with E-state index in [1.165, 1.54) is 19.4 Å². The molecule has 1 fully saturated rings. The van der Waals surface area contributed by atoms with Crippen molar-refractivity contribution in [3.05, 3.63) is 53.2 Å². The van der Waals surface area contributed by atoms with E-state index < -0.39 is 11.9 Å². The number of benzene rings is 1. The molecule has 7 nitrogen and oxygen atoms in total. The van der Waals surface area contributed by atoms with Gasteiger partial charge in [-0.1, -0.05) is 12.1 Å². The van der Waals surface area contributed by atoms with Crippen LogP contribution in [0.15, 0.2) is 36.5 Å². The number of hydrogen-bond acceptors (Lipinski definition) is 6. The van der Waals surface area contributed by atoms with Gasteiger partial charge in [-0.15, -0.1) is 0 Å². The number of esters is 1. The van der Waals surface area contributed by atoms with Crippen LogP contribution in [-0.2, 0) is 9.47 Å². The van der Waals surface area contributed by atoms with Crippen molar-refractivity contribution in [2.24, 2.45) is 0 Å². The summed E-state index contributed by atoms with van der Waals surface area (Å²) < 4.78 is 9.94. The van der Waals surface area contributed by atoms with E-state index in [0.29, 0.717) is 18.1 Å². The van der Waals surface area contributed by atoms with Gasteiger partial charge in [-0.05, 0) is 30.2 Å². The molecule has 1 saturated heterocycles. The number of methoxy groups -OCH3 is 1. The molecule has 7 heteroatoms. The van der Waals surface area contributed by atoms with Crippen LogP contribution in [0.4, 0.5) is 5.82 Å². The summed E-state index contributed by atoms with van der Waals surface area (Å²) in [5.41, 5.74) is 1.60. The lowest BCUT2D eigenvalue weighted by Crippen LogP contribution is -2.14. The van der Waals surface area contributed by atoms with Gasteiger partial charge in [0, 0.05) is 24.3 Å². The first-order valence-corrected chi connectivity index (χ1v) is 7.85. The van der Waals surface area contributed by atoms with Crippen molar-refractivity contribution in [1.82, 2.24) is 4.98 Å². The maximum atomic E-state index is 12.4. The Bertz CT molecular complexity index is 800. The Balaban J connectivity index is 1.76. The highest BCUT2D eigenvalue weighted by Crippen LogP contribution is 2.26. The van der Waals surface area contributed by atoms with Crippen LogP contribution >= 0.6 is 0 Å². The van der Waals surface area contributed by atoms with Crippen molar-refractivity contribution in [2.75, 3.05) is 25.6 Å². The maximum absolute atomic E-state index is 12.4. The normalized spacial score (nSPS) is 16.4. The number of nitrogens with one attached hydrogen (secondary N) is 1. The molecule has 130 valence electrons. The third-order valence-corrected chi connectivity index (χ3v) is 4.07. The monoisotopic (exact) mass is 342 g/mol. The van der Waals surface area contributed by atoms with Gasteiger partial charge in [0.15, 0.2) is 11.6 Å². The SMILES string of the molecule is COC(=O)c1cnc(NC(=O)c2cccc(C3CCOC3)c2)c(O)c1. The molecule has 2 N–H and O–H groups in total. The first-order valence-electron chi connectivity index (χ1n) is 7.85. The van der Waals surface area contributed by atoms with Crippen molar-refractivity contribution >= 4 is 17.7 Å². The standard InChI is InChI=1S/C18H18N2O5/c1-24-18(23)14-8-15(21)16(19-9-14)20-17(22)12-4-2-3-11(7-12)13-5-6-25-10-13/h2-4,7-9,13,21H,5-6,10H2,1H3,(H,19,20,22). The fourth-order valence-corrected chi connectivity index (χ4v) is 2.69. The van der Waals surface area contributed by atoms with E-state index in [2.05, 4.69) is 15.0 Å². The molecule has 1 amide bonds. The van der Waals surface area contributed by atoms with Crippen LogP contribution in [0.1, 0.15) is 38.6 Å². The summed E-state index contributed by atoms with van der Waals surface area (Å²) in [6.07, 6.45) is 2.16. The Kier molecular flexibility index (Phi) is 4.95. The fraction of sp³-hybridized carbons (Fsp3) is 0.278. The summed E-state index contributed by atoms with van der Waals surface area (Å²) >= 11 is 0. The minimum Gasteiger partial charge on any atom is -0.504 e. The lowest BCUT2D eigenvalue weighted by Gasteiger charge is -2.11. The predicted octanol–water partition coefficient (Wildman–Crippen LogP) is 2.33. The zero-order valence-electron chi connectivity index (χ0n) is 13.7. The van der Waals surface area contributed by atoms with E-state index in [0.717, 1.165) is 18.6 Å². The molecule has 2 aromatic rings. The summed E-state index contributed by atoms with van der Waals surface area (Å²) in [6.45, 7) is 1.38. The molecule has 0 radical (unpaired) electrons. The van der Waals surface area contributed by atoms with Crippen LogP contribution in [0.5, 0.6) is 5.75 Å². The maximum Gasteiger partial charge on any atom is 0.339 e. The second kappa shape index (κ2) is 7.31. The summed E-state index contributed by atoms with van der Waals surface area (Å²) in [5.74, 6) is -1.05. The van der Waals surface area contributed by atoms with Crippen molar-refractivity contribution < 1.29 is 24.2 Å². The first-order chi connectivity index (χ1) is 12.1. The number of ether oxygens (including phenoxy) is 2. The minimum atomic E-state index is -0.618. The number of carbonyl (C=O) groups excluding carboxylic acids is 2. The molecular formula is C18H18N2O5. The summed E-state index contributed by atoms with van der Waals surface area (Å²) in [6, 6.07) is 8.48. The van der Waals surface area contributed by atoms with Crippen LogP contribution in [0.3, 0.4) is 0 Å². The number of carbonyl (C=O) groups is 2. The predicted molar refractivity (Wildman–Crippen MR) is 89.8 cm³/mol. The molecule has 1 aliphatic heterocycles. The summed E-state index contributed by atoms with van der Waals surface area (Å²) in [4.78, 5) is 27.7. The Hall–Kier alpha value is -2.93. The first kappa shape index (κ1) is 16.9. The van der Waals surface area contributed by atoms with Crippen molar-refractivity contribution in [2.45, 2.75) is 12.3 Å². The molecule has 25 heavy (non-hydrogen) atoms. The average Bonchev–Trinajstić information content (AvgIpc) is 3.17. The highest BCUT2D eigenvalue weighted by atomic mass is 16.5. The molecule has 0 bridgehead atoms. The van der Waals surface area contributed by atoms with E-state index in [1.54, 1.807) is 6.07 Å². The lowest BCUT2D eigenvalue weighted by molar-refractivity contribution is 0.0599. The number of aromatic hydroxyl groups is 1. The van der Waals surface area contributed by atoms with Crippen LogP contribution < -0.4 is 5.32 Å². The smallest absolute Gasteiger partial charge is 0.339 e. The van der Waals surface area contributed by atoms with Crippen LogP contribution in [0, 0.1) is 0 Å². The zero-order valence-corrected chi connectivity index (χ0v) is 13.7. The second-order valence-electron chi connectivity index (χ2n) is 5.72. The zero-order chi connectivity index (χ0) is 17.8. The van der Waals surface area contributed by atoms with Gasteiger partial charge in [0.25, 0.3) is 5.91 Å². The topological polar surface area (TPSA) is 97.8 Å². The van der Waals surface area contributed by atoms with E-state index >= 15 is 0 Å². The molecule has 0 saturated carbocycles. The van der Waals surface area contributed by atoms with Gasteiger partial charge in [0.2, 0.25) is 0 Å². The third-order valence-electron chi connectivity index (χ3n) is 4.07. The highest BCUT2D eigenvalue weighted by Gasteiger charge is 2.19. The number of rotatable bonds is 4. The van der Waals surface area contributed by atoms with Crippen LogP contribution in [0.25, 0.3) is 0 Å². The number of aromatic nitrogens is 1. The Morgan fingerprint density at radius 2 is 2.16 bits per heavy atom. The molecule has 1 unspecified atom stereocenters. The van der Waals surface area contributed by atoms with Gasteiger partial charge >= 0.3 is 5.97 Å². The molecule has 1 atom stereocenters. The molecular weight excluding hydrogens is 324 g/mol. The van der Waals surface area contributed by atoms with Crippen molar-refractivity contribution in [1.29, 1.82) is 0 Å². The number of amides is 1. The Labute approximate surface area is 144 Å². The van der Waals surface area contributed by atoms with E-state index in [-0.39, 0.29) is 17.1 Å².